The lowest BCUT2D eigenvalue weighted by atomic mass is 9.70. The monoisotopic (exact) mass is 327 g/mol. The maximum Gasteiger partial charge on any atom is 0.259 e. The van der Waals surface area contributed by atoms with Crippen LogP contribution in [0.3, 0.4) is 0 Å². The van der Waals surface area contributed by atoms with E-state index in [1.165, 1.54) is 6.42 Å². The molecule has 2 atom stereocenters. The lowest BCUT2D eigenvalue weighted by Gasteiger charge is -2.34. The Hall–Kier alpha value is -2.17. The number of benzene rings is 1. The number of hydrogen-bond acceptors (Lipinski definition) is 3. The predicted molar refractivity (Wildman–Crippen MR) is 93.6 cm³/mol. The van der Waals surface area contributed by atoms with Gasteiger partial charge in [-0.15, -0.1) is 0 Å². The molecule has 128 valence electrons. The summed E-state index contributed by atoms with van der Waals surface area (Å²) < 4.78 is 0. The van der Waals surface area contributed by atoms with Crippen molar-refractivity contribution in [1.82, 2.24) is 10.7 Å². The van der Waals surface area contributed by atoms with Crippen molar-refractivity contribution < 1.29 is 9.59 Å². The molecule has 0 radical (unpaired) electrons. The van der Waals surface area contributed by atoms with Gasteiger partial charge in [0.1, 0.15) is 0 Å². The second-order valence-electron chi connectivity index (χ2n) is 7.64. The summed E-state index contributed by atoms with van der Waals surface area (Å²) in [6, 6.07) is 8.85. The highest BCUT2D eigenvalue weighted by Crippen LogP contribution is 2.63. The van der Waals surface area contributed by atoms with Crippen LogP contribution in [0.25, 0.3) is 0 Å². The Balaban J connectivity index is 1.54. The Morgan fingerprint density at radius 2 is 1.92 bits per heavy atom. The van der Waals surface area contributed by atoms with Gasteiger partial charge >= 0.3 is 0 Å². The van der Waals surface area contributed by atoms with Crippen LogP contribution in [0.5, 0.6) is 0 Å². The number of nitrogens with one attached hydrogen (secondary N) is 2. The summed E-state index contributed by atoms with van der Waals surface area (Å²) in [4.78, 5) is 23.9. The van der Waals surface area contributed by atoms with Crippen molar-refractivity contribution >= 4 is 17.5 Å². The third-order valence-electron chi connectivity index (χ3n) is 6.27. The molecule has 0 saturated heterocycles. The normalized spacial score (nSPS) is 28.8. The van der Waals surface area contributed by atoms with Crippen LogP contribution in [0.2, 0.25) is 0 Å². The lowest BCUT2D eigenvalue weighted by Crippen LogP contribution is -2.37. The molecule has 2 N–H and O–H groups in total. The van der Waals surface area contributed by atoms with Crippen molar-refractivity contribution in [2.24, 2.45) is 21.8 Å². The van der Waals surface area contributed by atoms with Crippen molar-refractivity contribution in [3.8, 4) is 0 Å². The van der Waals surface area contributed by atoms with E-state index in [2.05, 4.69) is 36.6 Å². The molecule has 1 aromatic rings. The lowest BCUT2D eigenvalue weighted by molar-refractivity contribution is -0.120. The Labute approximate surface area is 142 Å². The van der Waals surface area contributed by atoms with Gasteiger partial charge in [-0.25, -0.2) is 5.43 Å². The fraction of sp³-hybridized carbons (Fsp3) is 0.526. The quantitative estimate of drug-likeness (QED) is 0.835. The van der Waals surface area contributed by atoms with Gasteiger partial charge in [0, 0.05) is 16.7 Å². The highest BCUT2D eigenvalue weighted by atomic mass is 16.2. The SMILES string of the molecule is CC1(C)[C@@H]2CC[C@@]1(C)/C(=N/NC(=O)CNC(=O)c1ccccc1)C2. The number of fused-ring (bicyclic) bond motifs is 2. The molecule has 5 nitrogen and oxygen atoms in total. The first-order valence-electron chi connectivity index (χ1n) is 8.54. The van der Waals surface area contributed by atoms with Crippen molar-refractivity contribution in [1.29, 1.82) is 0 Å². The summed E-state index contributed by atoms with van der Waals surface area (Å²) >= 11 is 0. The Kier molecular flexibility index (Phi) is 4.20. The number of carbonyl (C=O) groups is 2. The van der Waals surface area contributed by atoms with Crippen molar-refractivity contribution in [3.05, 3.63) is 35.9 Å². The molecule has 24 heavy (non-hydrogen) atoms. The van der Waals surface area contributed by atoms with Gasteiger partial charge in [-0.2, -0.15) is 5.10 Å². The van der Waals surface area contributed by atoms with E-state index in [4.69, 9.17) is 0 Å². The van der Waals surface area contributed by atoms with E-state index in [-0.39, 0.29) is 29.2 Å². The zero-order valence-corrected chi connectivity index (χ0v) is 14.6. The third kappa shape index (κ3) is 2.72. The van der Waals surface area contributed by atoms with Gasteiger partial charge in [-0.05, 0) is 42.7 Å². The van der Waals surface area contributed by atoms with Crippen LogP contribution < -0.4 is 10.7 Å². The van der Waals surface area contributed by atoms with Gasteiger partial charge < -0.3 is 5.32 Å². The van der Waals surface area contributed by atoms with Crippen LogP contribution >= 0.6 is 0 Å². The highest BCUT2D eigenvalue weighted by molar-refractivity contribution is 5.97. The maximum atomic E-state index is 12.0. The molecule has 0 heterocycles. The summed E-state index contributed by atoms with van der Waals surface area (Å²) in [5.41, 5.74) is 4.55. The molecule has 1 aromatic carbocycles. The largest absolute Gasteiger partial charge is 0.343 e. The molecular formula is C19H25N3O2. The molecule has 0 unspecified atom stereocenters. The van der Waals surface area contributed by atoms with Crippen LogP contribution in [-0.4, -0.2) is 24.1 Å². The van der Waals surface area contributed by atoms with Crippen LogP contribution in [0.4, 0.5) is 0 Å². The summed E-state index contributed by atoms with van der Waals surface area (Å²) in [5.74, 6) is 0.0957. The van der Waals surface area contributed by atoms with E-state index < -0.39 is 0 Å². The minimum absolute atomic E-state index is 0.0677. The van der Waals surface area contributed by atoms with Gasteiger partial charge in [0.2, 0.25) is 0 Å². The molecular weight excluding hydrogens is 302 g/mol. The first-order chi connectivity index (χ1) is 11.3. The number of nitrogens with zero attached hydrogens (tertiary/aromatic N) is 1. The Morgan fingerprint density at radius 3 is 2.50 bits per heavy atom. The van der Waals surface area contributed by atoms with Crippen LogP contribution in [-0.2, 0) is 4.79 Å². The molecule has 5 heteroatoms. The van der Waals surface area contributed by atoms with E-state index >= 15 is 0 Å². The number of carbonyl (C=O) groups excluding carboxylic acids is 2. The maximum absolute atomic E-state index is 12.0. The molecule has 2 saturated carbocycles. The van der Waals surface area contributed by atoms with E-state index in [1.54, 1.807) is 24.3 Å². The average Bonchev–Trinajstić information content (AvgIpc) is 2.91. The molecule has 2 fully saturated rings. The first-order valence-corrected chi connectivity index (χ1v) is 8.54. The highest BCUT2D eigenvalue weighted by Gasteiger charge is 2.59. The summed E-state index contributed by atoms with van der Waals surface area (Å²) in [6.45, 7) is 6.78. The number of rotatable bonds is 4. The van der Waals surface area contributed by atoms with Crippen molar-refractivity contribution in [3.63, 3.8) is 0 Å². The molecule has 2 aliphatic carbocycles. The average molecular weight is 327 g/mol. The number of amides is 2. The Bertz CT molecular complexity index is 681. The van der Waals surface area contributed by atoms with E-state index in [1.807, 2.05) is 6.07 Å². The van der Waals surface area contributed by atoms with Gasteiger partial charge in [0.15, 0.2) is 0 Å². The molecule has 0 aromatic heterocycles. The minimum atomic E-state index is -0.295. The van der Waals surface area contributed by atoms with Crippen LogP contribution in [0.15, 0.2) is 35.4 Å². The molecule has 0 spiro atoms. The molecule has 3 rings (SSSR count). The summed E-state index contributed by atoms with van der Waals surface area (Å²) in [7, 11) is 0. The smallest absolute Gasteiger partial charge is 0.259 e. The minimum Gasteiger partial charge on any atom is -0.343 e. The number of hydrazone groups is 1. The molecule has 2 amide bonds. The first kappa shape index (κ1) is 16.7. The van der Waals surface area contributed by atoms with Crippen LogP contribution in [0, 0.1) is 16.7 Å². The van der Waals surface area contributed by atoms with Gasteiger partial charge in [-0.3, -0.25) is 9.59 Å². The van der Waals surface area contributed by atoms with Gasteiger partial charge in [0.25, 0.3) is 11.8 Å². The zero-order valence-electron chi connectivity index (χ0n) is 14.6. The van der Waals surface area contributed by atoms with Gasteiger partial charge in [-0.1, -0.05) is 39.0 Å². The predicted octanol–water partition coefficient (Wildman–Crippen LogP) is 2.73. The van der Waals surface area contributed by atoms with Crippen LogP contribution in [0.1, 0.15) is 50.4 Å². The van der Waals surface area contributed by atoms with E-state index in [0.717, 1.165) is 18.6 Å². The molecule has 2 bridgehead atoms. The van der Waals surface area contributed by atoms with Crippen molar-refractivity contribution in [2.45, 2.75) is 40.0 Å². The fourth-order valence-electron chi connectivity index (χ4n) is 4.12. The second kappa shape index (κ2) is 6.04. The third-order valence-corrected chi connectivity index (χ3v) is 6.27. The second-order valence-corrected chi connectivity index (χ2v) is 7.64. The molecule has 0 aliphatic heterocycles. The summed E-state index contributed by atoms with van der Waals surface area (Å²) in [6.07, 6.45) is 3.33. The fourth-order valence-corrected chi connectivity index (χ4v) is 4.12. The topological polar surface area (TPSA) is 70.6 Å². The summed E-state index contributed by atoms with van der Waals surface area (Å²) in [5, 5.41) is 7.00. The van der Waals surface area contributed by atoms with Gasteiger partial charge in [0.05, 0.1) is 6.54 Å². The molecule has 2 aliphatic rings. The van der Waals surface area contributed by atoms with E-state index in [0.29, 0.717) is 11.5 Å². The van der Waals surface area contributed by atoms with E-state index in [9.17, 15) is 9.59 Å². The standard InChI is InChI=1S/C19H25N3O2/c1-18(2)14-9-10-19(18,3)15(11-14)21-22-16(23)12-20-17(24)13-7-5-4-6-8-13/h4-8,14H,9-12H2,1-3H3,(H,20,24)(H,22,23)/b21-15+/t14-,19+/m1/s1. The van der Waals surface area contributed by atoms with Crippen molar-refractivity contribution in [2.75, 3.05) is 6.54 Å². The Morgan fingerprint density at radius 1 is 1.21 bits per heavy atom. The zero-order chi connectivity index (χ0) is 17.4. The number of hydrogen-bond donors (Lipinski definition) is 2.